The fourth-order valence-electron chi connectivity index (χ4n) is 0.431. The van der Waals surface area contributed by atoms with E-state index in [0.29, 0.717) is 0 Å². The topological polar surface area (TPSA) is 67.9 Å². The van der Waals surface area contributed by atoms with Gasteiger partial charge < -0.3 is 4.74 Å². The van der Waals surface area contributed by atoms with Gasteiger partial charge in [-0.2, -0.15) is 4.39 Å². The Kier molecular flexibility index (Phi) is 1.61. The molecule has 0 unspecified atom stereocenters. The van der Waals surface area contributed by atoms with Crippen LogP contribution >= 0.6 is 0 Å². The lowest BCUT2D eigenvalue weighted by Crippen LogP contribution is -2.14. The molecular formula is C4H4FN3O2. The summed E-state index contributed by atoms with van der Waals surface area (Å²) in [4.78, 5) is 18.3. The molecule has 0 spiro atoms. The highest BCUT2D eigenvalue weighted by Crippen LogP contribution is 1.92. The molecule has 0 aliphatic rings. The molecule has 0 aromatic carbocycles. The Bertz CT molecular complexity index is 284. The summed E-state index contributed by atoms with van der Waals surface area (Å²) in [5.74, 6) is 0. The van der Waals surface area contributed by atoms with Gasteiger partial charge in [0.05, 0.1) is 7.11 Å². The fraction of sp³-hybridized carbons (Fsp3) is 0.250. The zero-order valence-electron chi connectivity index (χ0n) is 5.09. The van der Waals surface area contributed by atoms with E-state index in [9.17, 15) is 9.18 Å². The zero-order chi connectivity index (χ0) is 7.56. The minimum absolute atomic E-state index is 0.277. The van der Waals surface area contributed by atoms with Crippen LogP contribution in [0, 0.1) is 6.08 Å². The molecule has 0 amide bonds. The van der Waals surface area contributed by atoms with Crippen LogP contribution in [0.2, 0.25) is 0 Å². The van der Waals surface area contributed by atoms with E-state index in [2.05, 4.69) is 14.7 Å². The van der Waals surface area contributed by atoms with Gasteiger partial charge in [0.25, 0.3) is 6.08 Å². The van der Waals surface area contributed by atoms with Crippen molar-refractivity contribution in [3.05, 3.63) is 16.6 Å². The van der Waals surface area contributed by atoms with Crippen LogP contribution in [0.3, 0.4) is 0 Å². The van der Waals surface area contributed by atoms with E-state index in [0.717, 1.165) is 0 Å². The number of hydrogen-bond donors (Lipinski definition) is 1. The molecule has 0 radical (unpaired) electrons. The van der Waals surface area contributed by atoms with Gasteiger partial charge in [-0.15, -0.1) is 9.97 Å². The molecule has 1 rings (SSSR count). The van der Waals surface area contributed by atoms with Crippen LogP contribution in [0.25, 0.3) is 0 Å². The van der Waals surface area contributed by atoms with Gasteiger partial charge in [0.15, 0.2) is 0 Å². The molecule has 0 bridgehead atoms. The highest BCUT2D eigenvalue weighted by atomic mass is 19.1. The van der Waals surface area contributed by atoms with Gasteiger partial charge in [-0.05, 0) is 0 Å². The number of hydrogen-bond acceptors (Lipinski definition) is 4. The van der Waals surface area contributed by atoms with Crippen LogP contribution in [-0.4, -0.2) is 22.1 Å². The van der Waals surface area contributed by atoms with E-state index in [1.807, 2.05) is 0 Å². The normalized spacial score (nSPS) is 9.40. The van der Waals surface area contributed by atoms with Gasteiger partial charge in [0.2, 0.25) is 0 Å². The number of H-pyrrole nitrogens is 1. The smallest absolute Gasteiger partial charge is 0.352 e. The van der Waals surface area contributed by atoms with Gasteiger partial charge in [0.1, 0.15) is 0 Å². The summed E-state index contributed by atoms with van der Waals surface area (Å²) < 4.78 is 16.5. The molecule has 6 heteroatoms. The van der Waals surface area contributed by atoms with E-state index in [-0.39, 0.29) is 6.01 Å². The number of aromatic amines is 1. The summed E-state index contributed by atoms with van der Waals surface area (Å²) in [6.45, 7) is 0. The number of halogens is 1. The van der Waals surface area contributed by atoms with E-state index in [1.165, 1.54) is 7.11 Å². The first-order valence-corrected chi connectivity index (χ1v) is 2.40. The minimum Gasteiger partial charge on any atom is -0.467 e. The molecule has 1 N–H and O–H groups in total. The van der Waals surface area contributed by atoms with E-state index < -0.39 is 11.8 Å². The lowest BCUT2D eigenvalue weighted by molar-refractivity contribution is 0.359. The van der Waals surface area contributed by atoms with E-state index in [4.69, 9.17) is 0 Å². The van der Waals surface area contributed by atoms with Crippen molar-refractivity contribution >= 4 is 0 Å². The monoisotopic (exact) mass is 145 g/mol. The molecule has 10 heavy (non-hydrogen) atoms. The average Bonchev–Trinajstić information content (AvgIpc) is 1.85. The van der Waals surface area contributed by atoms with Crippen LogP contribution in [-0.2, 0) is 0 Å². The molecule has 0 atom stereocenters. The van der Waals surface area contributed by atoms with Crippen LogP contribution in [0.4, 0.5) is 4.39 Å². The highest BCUT2D eigenvalue weighted by molar-refractivity contribution is 4.87. The molecule has 54 valence electrons. The molecule has 1 aromatic heterocycles. The molecule has 0 fully saturated rings. The second-order valence-corrected chi connectivity index (χ2v) is 1.43. The summed E-state index contributed by atoms with van der Waals surface area (Å²) in [7, 11) is 1.24. The van der Waals surface area contributed by atoms with Crippen molar-refractivity contribution in [2.45, 2.75) is 0 Å². The van der Waals surface area contributed by atoms with Gasteiger partial charge in [-0.25, -0.2) is 4.79 Å². The summed E-state index contributed by atoms with van der Waals surface area (Å²) >= 11 is 0. The maximum atomic E-state index is 12.1. The predicted octanol–water partition coefficient (Wildman–Crippen LogP) is -0.687. The Hall–Kier alpha value is -1.46. The second kappa shape index (κ2) is 2.42. The van der Waals surface area contributed by atoms with Gasteiger partial charge in [0, 0.05) is 0 Å². The number of rotatable bonds is 1. The first-order chi connectivity index (χ1) is 4.72. The van der Waals surface area contributed by atoms with Crippen LogP contribution in [0.1, 0.15) is 0 Å². The number of nitrogens with one attached hydrogen (secondary N) is 1. The number of ether oxygens (including phenoxy) is 1. The number of aromatic nitrogens is 3. The summed E-state index contributed by atoms with van der Waals surface area (Å²) in [6.07, 6.45) is -1.00. The van der Waals surface area contributed by atoms with Gasteiger partial charge >= 0.3 is 11.7 Å². The second-order valence-electron chi connectivity index (χ2n) is 1.43. The Labute approximate surface area is 54.9 Å². The van der Waals surface area contributed by atoms with Gasteiger partial charge in [-0.3, -0.25) is 4.98 Å². The van der Waals surface area contributed by atoms with Crippen molar-refractivity contribution in [2.24, 2.45) is 0 Å². The van der Waals surface area contributed by atoms with E-state index in [1.54, 1.807) is 4.98 Å². The SMILES string of the molecule is COc1nc(F)[nH]c(=O)n1. The first-order valence-electron chi connectivity index (χ1n) is 2.40. The van der Waals surface area contributed by atoms with Crippen molar-refractivity contribution < 1.29 is 9.13 Å². The molecule has 0 aliphatic heterocycles. The third kappa shape index (κ3) is 1.28. The molecule has 5 nitrogen and oxygen atoms in total. The quantitative estimate of drug-likeness (QED) is 0.568. The average molecular weight is 145 g/mol. The lowest BCUT2D eigenvalue weighted by atomic mass is 11.0. The summed E-state index contributed by atoms with van der Waals surface area (Å²) in [5, 5.41) is 0. The highest BCUT2D eigenvalue weighted by Gasteiger charge is 1.98. The fourth-order valence-corrected chi connectivity index (χ4v) is 0.431. The molecule has 0 aliphatic carbocycles. The molecule has 0 saturated carbocycles. The van der Waals surface area contributed by atoms with Crippen LogP contribution < -0.4 is 10.4 Å². The molecular weight excluding hydrogens is 141 g/mol. The molecule has 1 heterocycles. The minimum atomic E-state index is -1.00. The Balaban J connectivity index is 3.19. The van der Waals surface area contributed by atoms with Crippen molar-refractivity contribution in [1.29, 1.82) is 0 Å². The summed E-state index contributed by atoms with van der Waals surface area (Å²) in [6, 6.07) is -0.277. The van der Waals surface area contributed by atoms with Crippen molar-refractivity contribution in [3.8, 4) is 6.01 Å². The number of nitrogens with zero attached hydrogens (tertiary/aromatic N) is 2. The Morgan fingerprint density at radius 1 is 1.60 bits per heavy atom. The van der Waals surface area contributed by atoms with Gasteiger partial charge in [-0.1, -0.05) is 0 Å². The Morgan fingerprint density at radius 3 is 2.80 bits per heavy atom. The van der Waals surface area contributed by atoms with E-state index >= 15 is 0 Å². The molecule has 1 aromatic rings. The largest absolute Gasteiger partial charge is 0.467 e. The zero-order valence-corrected chi connectivity index (χ0v) is 5.09. The van der Waals surface area contributed by atoms with Crippen molar-refractivity contribution in [2.75, 3.05) is 7.11 Å². The third-order valence-electron chi connectivity index (χ3n) is 0.784. The standard InChI is InChI=1S/C4H4FN3O2/c1-10-4-7-2(5)6-3(9)8-4/h1H3,(H,6,7,8,9). The molecule has 0 saturated heterocycles. The summed E-state index contributed by atoms with van der Waals surface area (Å²) in [5.41, 5.74) is -0.815. The van der Waals surface area contributed by atoms with Crippen LogP contribution in [0.5, 0.6) is 6.01 Å². The lowest BCUT2D eigenvalue weighted by Gasteiger charge is -1.92. The van der Waals surface area contributed by atoms with Crippen LogP contribution in [0.15, 0.2) is 4.79 Å². The Morgan fingerprint density at radius 2 is 2.30 bits per heavy atom. The maximum absolute atomic E-state index is 12.1. The van der Waals surface area contributed by atoms with Crippen molar-refractivity contribution in [3.63, 3.8) is 0 Å². The first kappa shape index (κ1) is 6.66. The predicted molar refractivity (Wildman–Crippen MR) is 29.2 cm³/mol. The van der Waals surface area contributed by atoms with Crippen molar-refractivity contribution in [1.82, 2.24) is 15.0 Å². The maximum Gasteiger partial charge on any atom is 0.352 e. The third-order valence-corrected chi connectivity index (χ3v) is 0.784. The number of methoxy groups -OCH3 is 1.